The fourth-order valence-corrected chi connectivity index (χ4v) is 4.79. The van der Waals surface area contributed by atoms with E-state index in [4.69, 9.17) is 0 Å². The van der Waals surface area contributed by atoms with Crippen LogP contribution in [-0.2, 0) is 18.3 Å². The fraction of sp³-hybridized carbons (Fsp3) is 0.579. The second-order valence-electron chi connectivity index (χ2n) is 6.47. The van der Waals surface area contributed by atoms with Crippen LogP contribution in [0.15, 0.2) is 22.9 Å². The zero-order chi connectivity index (χ0) is 15.3. The van der Waals surface area contributed by atoms with Gasteiger partial charge in [0.1, 0.15) is 0 Å². The SMILES string of the molecule is CCCCc1csc(C(C)(C)c2cc(CCCC)cs2)c1. The molecule has 116 valence electrons. The molecule has 21 heavy (non-hydrogen) atoms. The predicted octanol–water partition coefficient (Wildman–Crippen LogP) is 6.82. The Morgan fingerprint density at radius 3 is 1.62 bits per heavy atom. The van der Waals surface area contributed by atoms with Crippen molar-refractivity contribution in [2.24, 2.45) is 0 Å². The van der Waals surface area contributed by atoms with Crippen LogP contribution in [-0.4, -0.2) is 0 Å². The molecule has 0 bridgehead atoms. The molecule has 0 saturated carbocycles. The van der Waals surface area contributed by atoms with Crippen LogP contribution < -0.4 is 0 Å². The molecule has 2 aromatic heterocycles. The zero-order valence-electron chi connectivity index (χ0n) is 13.9. The molecule has 0 spiro atoms. The van der Waals surface area contributed by atoms with Crippen molar-refractivity contribution >= 4 is 22.7 Å². The maximum absolute atomic E-state index is 2.44. The van der Waals surface area contributed by atoms with E-state index in [0.717, 1.165) is 0 Å². The summed E-state index contributed by atoms with van der Waals surface area (Å²) in [4.78, 5) is 3.02. The molecule has 0 radical (unpaired) electrons. The Morgan fingerprint density at radius 2 is 1.24 bits per heavy atom. The summed E-state index contributed by atoms with van der Waals surface area (Å²) in [6.07, 6.45) is 7.62. The van der Waals surface area contributed by atoms with Crippen molar-refractivity contribution < 1.29 is 0 Å². The zero-order valence-corrected chi connectivity index (χ0v) is 15.5. The van der Waals surface area contributed by atoms with E-state index < -0.39 is 0 Å². The molecule has 0 unspecified atom stereocenters. The van der Waals surface area contributed by atoms with Crippen molar-refractivity contribution in [2.75, 3.05) is 0 Å². The van der Waals surface area contributed by atoms with Gasteiger partial charge in [0, 0.05) is 15.2 Å². The van der Waals surface area contributed by atoms with E-state index >= 15 is 0 Å². The number of thiophene rings is 2. The monoisotopic (exact) mass is 320 g/mol. The molecule has 0 atom stereocenters. The number of aryl methyl sites for hydroxylation is 2. The molecule has 2 heteroatoms. The van der Waals surface area contributed by atoms with Crippen LogP contribution in [0.1, 0.15) is 74.3 Å². The summed E-state index contributed by atoms with van der Waals surface area (Å²) in [5.41, 5.74) is 3.20. The van der Waals surface area contributed by atoms with Crippen molar-refractivity contribution in [2.45, 2.75) is 71.6 Å². The predicted molar refractivity (Wildman–Crippen MR) is 98.0 cm³/mol. The maximum Gasteiger partial charge on any atom is 0.0334 e. The summed E-state index contributed by atoms with van der Waals surface area (Å²) < 4.78 is 0. The lowest BCUT2D eigenvalue weighted by atomic mass is 9.88. The Kier molecular flexibility index (Phi) is 6.07. The van der Waals surface area contributed by atoms with Gasteiger partial charge in [0.2, 0.25) is 0 Å². The van der Waals surface area contributed by atoms with Gasteiger partial charge < -0.3 is 0 Å². The highest BCUT2D eigenvalue weighted by molar-refractivity contribution is 7.12. The van der Waals surface area contributed by atoms with E-state index in [1.165, 1.54) is 59.4 Å². The first-order valence-corrected chi connectivity index (χ1v) is 9.99. The van der Waals surface area contributed by atoms with E-state index in [0.29, 0.717) is 0 Å². The third-order valence-electron chi connectivity index (χ3n) is 4.18. The first-order valence-electron chi connectivity index (χ1n) is 8.23. The fourth-order valence-electron chi connectivity index (χ4n) is 2.55. The van der Waals surface area contributed by atoms with E-state index in [9.17, 15) is 0 Å². The third kappa shape index (κ3) is 4.20. The highest BCUT2D eigenvalue weighted by Crippen LogP contribution is 2.39. The van der Waals surface area contributed by atoms with Crippen molar-refractivity contribution in [3.8, 4) is 0 Å². The summed E-state index contributed by atoms with van der Waals surface area (Å²) >= 11 is 3.87. The van der Waals surface area contributed by atoms with Crippen LogP contribution in [0, 0.1) is 0 Å². The van der Waals surface area contributed by atoms with Gasteiger partial charge >= 0.3 is 0 Å². The van der Waals surface area contributed by atoms with Crippen molar-refractivity contribution in [1.29, 1.82) is 0 Å². The van der Waals surface area contributed by atoms with Gasteiger partial charge in [-0.05, 0) is 59.7 Å². The Bertz CT molecular complexity index is 497. The van der Waals surface area contributed by atoms with Gasteiger partial charge in [-0.15, -0.1) is 22.7 Å². The van der Waals surface area contributed by atoms with Gasteiger partial charge in [0.05, 0.1) is 0 Å². The molecule has 0 fully saturated rings. The van der Waals surface area contributed by atoms with Gasteiger partial charge in [0.15, 0.2) is 0 Å². The van der Waals surface area contributed by atoms with Gasteiger partial charge in [-0.25, -0.2) is 0 Å². The second kappa shape index (κ2) is 7.60. The van der Waals surface area contributed by atoms with Crippen molar-refractivity contribution in [3.63, 3.8) is 0 Å². The Balaban J connectivity index is 2.12. The highest BCUT2D eigenvalue weighted by atomic mass is 32.1. The standard InChI is InChI=1S/C19H28S2/c1-5-7-9-15-11-17(20-13-15)19(3,4)18-12-16(14-21-18)10-8-6-2/h11-14H,5-10H2,1-4H3. The van der Waals surface area contributed by atoms with Gasteiger partial charge in [-0.3, -0.25) is 0 Å². The normalized spacial score (nSPS) is 12.0. The van der Waals surface area contributed by atoms with Crippen molar-refractivity contribution in [3.05, 3.63) is 43.8 Å². The lowest BCUT2D eigenvalue weighted by Gasteiger charge is -2.21. The van der Waals surface area contributed by atoms with Gasteiger partial charge in [0.25, 0.3) is 0 Å². The average molecular weight is 321 g/mol. The Hall–Kier alpha value is -0.600. The molecule has 0 N–H and O–H groups in total. The summed E-state index contributed by atoms with van der Waals surface area (Å²) in [6, 6.07) is 4.87. The summed E-state index contributed by atoms with van der Waals surface area (Å²) in [6.45, 7) is 9.27. The molecule has 0 aliphatic heterocycles. The van der Waals surface area contributed by atoms with Crippen LogP contribution in [0.3, 0.4) is 0 Å². The second-order valence-corrected chi connectivity index (χ2v) is 8.29. The molecule has 0 aliphatic carbocycles. The van der Waals surface area contributed by atoms with Crippen LogP contribution in [0.2, 0.25) is 0 Å². The Morgan fingerprint density at radius 1 is 0.810 bits per heavy atom. The topological polar surface area (TPSA) is 0 Å². The molecule has 0 amide bonds. The van der Waals surface area contributed by atoms with E-state index in [1.807, 2.05) is 22.7 Å². The quantitative estimate of drug-likeness (QED) is 0.500. The van der Waals surface area contributed by atoms with Crippen LogP contribution >= 0.6 is 22.7 Å². The number of unbranched alkanes of at least 4 members (excludes halogenated alkanes) is 2. The summed E-state index contributed by atoms with van der Waals surface area (Å²) in [7, 11) is 0. The van der Waals surface area contributed by atoms with Gasteiger partial charge in [-0.1, -0.05) is 40.5 Å². The number of hydrogen-bond donors (Lipinski definition) is 0. The van der Waals surface area contributed by atoms with Crippen LogP contribution in [0.5, 0.6) is 0 Å². The summed E-state index contributed by atoms with van der Waals surface area (Å²) in [5, 5.41) is 4.72. The minimum absolute atomic E-state index is 0.157. The average Bonchev–Trinajstić information content (AvgIpc) is 3.12. The third-order valence-corrected chi connectivity index (χ3v) is 6.78. The number of rotatable bonds is 8. The molecule has 2 rings (SSSR count). The minimum Gasteiger partial charge on any atom is -0.148 e. The molecule has 0 saturated heterocycles. The lowest BCUT2D eigenvalue weighted by Crippen LogP contribution is -2.15. The molecule has 2 heterocycles. The molecule has 0 aromatic carbocycles. The van der Waals surface area contributed by atoms with Crippen molar-refractivity contribution in [1.82, 2.24) is 0 Å². The van der Waals surface area contributed by atoms with Crippen LogP contribution in [0.4, 0.5) is 0 Å². The molecular weight excluding hydrogens is 292 g/mol. The molecule has 2 aromatic rings. The molecular formula is C19H28S2. The molecule has 0 nitrogen and oxygen atoms in total. The van der Waals surface area contributed by atoms with E-state index in [-0.39, 0.29) is 5.41 Å². The van der Waals surface area contributed by atoms with Crippen LogP contribution in [0.25, 0.3) is 0 Å². The highest BCUT2D eigenvalue weighted by Gasteiger charge is 2.26. The first-order chi connectivity index (χ1) is 10.1. The first kappa shape index (κ1) is 16.8. The van der Waals surface area contributed by atoms with Gasteiger partial charge in [-0.2, -0.15) is 0 Å². The smallest absolute Gasteiger partial charge is 0.0334 e. The Labute approximate surface area is 138 Å². The largest absolute Gasteiger partial charge is 0.148 e. The number of hydrogen-bond acceptors (Lipinski definition) is 2. The summed E-state index contributed by atoms with van der Waals surface area (Å²) in [5.74, 6) is 0. The maximum atomic E-state index is 2.44. The molecule has 0 aliphatic rings. The van der Waals surface area contributed by atoms with E-state index in [2.05, 4.69) is 50.6 Å². The van der Waals surface area contributed by atoms with E-state index in [1.54, 1.807) is 0 Å². The minimum atomic E-state index is 0.157. The lowest BCUT2D eigenvalue weighted by molar-refractivity contribution is 0.668.